The topological polar surface area (TPSA) is 3.24 Å². The summed E-state index contributed by atoms with van der Waals surface area (Å²) < 4.78 is 1.50. The molecule has 0 saturated carbocycles. The number of thioether (sulfide) groups is 2. The van der Waals surface area contributed by atoms with Crippen LogP contribution in [-0.2, 0) is 6.42 Å². The van der Waals surface area contributed by atoms with E-state index < -0.39 is 0 Å². The SMILES string of the molecule is C1=CC(N(C2=c3sc4c(c3=CCC2)CCC=C4C2=CCCC=C2)c2ccc(C3=CC4c5ccccc5SC4C=C3)cc2)C2C(=C1)SC1=C2C=CCC1. The van der Waals surface area contributed by atoms with Gasteiger partial charge >= 0.3 is 0 Å². The van der Waals surface area contributed by atoms with Crippen molar-refractivity contribution in [3.63, 3.8) is 0 Å². The van der Waals surface area contributed by atoms with Crippen molar-refractivity contribution in [1.82, 2.24) is 0 Å². The number of fused-ring (bicyclic) bond motifs is 8. The van der Waals surface area contributed by atoms with Gasteiger partial charge in [-0.25, -0.2) is 0 Å². The summed E-state index contributed by atoms with van der Waals surface area (Å²) in [6.07, 6.45) is 40.8. The molecule has 0 spiro atoms. The number of nitrogens with zero attached hydrogens (tertiary/aromatic N) is 1. The van der Waals surface area contributed by atoms with Gasteiger partial charge in [0.25, 0.3) is 0 Å². The molecule has 11 rings (SSSR count). The molecule has 4 atom stereocenters. The Morgan fingerprint density at radius 1 is 0.750 bits per heavy atom. The van der Waals surface area contributed by atoms with Crippen LogP contribution in [0.15, 0.2) is 147 Å². The van der Waals surface area contributed by atoms with E-state index in [1.54, 1.807) is 16.0 Å². The highest BCUT2D eigenvalue weighted by Gasteiger charge is 2.41. The lowest BCUT2D eigenvalue weighted by atomic mass is 9.83. The average Bonchev–Trinajstić information content (AvgIpc) is 3.90. The van der Waals surface area contributed by atoms with Crippen molar-refractivity contribution in [2.45, 2.75) is 73.5 Å². The second kappa shape index (κ2) is 12.9. The third-order valence-electron chi connectivity index (χ3n) is 12.1. The highest BCUT2D eigenvalue weighted by atomic mass is 32.2. The van der Waals surface area contributed by atoms with Gasteiger partial charge in [0.05, 0.1) is 10.6 Å². The van der Waals surface area contributed by atoms with Crippen molar-refractivity contribution in [3.05, 3.63) is 174 Å². The van der Waals surface area contributed by atoms with Crippen LogP contribution in [0.4, 0.5) is 5.69 Å². The van der Waals surface area contributed by atoms with E-state index in [4.69, 9.17) is 0 Å². The van der Waals surface area contributed by atoms with Crippen LogP contribution in [0.25, 0.3) is 22.9 Å². The predicted octanol–water partition coefficient (Wildman–Crippen LogP) is 11.5. The maximum absolute atomic E-state index is 2.78. The van der Waals surface area contributed by atoms with Gasteiger partial charge in [-0.15, -0.1) is 23.1 Å². The summed E-state index contributed by atoms with van der Waals surface area (Å²) in [6.45, 7) is 0. The molecule has 2 aromatic carbocycles. The van der Waals surface area contributed by atoms with E-state index in [0.29, 0.717) is 17.1 Å². The van der Waals surface area contributed by atoms with Crippen molar-refractivity contribution in [1.29, 1.82) is 0 Å². The van der Waals surface area contributed by atoms with Crippen LogP contribution >= 0.6 is 34.9 Å². The van der Waals surface area contributed by atoms with Crippen LogP contribution in [0.5, 0.6) is 0 Å². The molecule has 0 bridgehead atoms. The molecule has 3 heterocycles. The van der Waals surface area contributed by atoms with Crippen molar-refractivity contribution in [2.24, 2.45) is 5.92 Å². The highest BCUT2D eigenvalue weighted by molar-refractivity contribution is 8.07. The van der Waals surface area contributed by atoms with E-state index in [0.717, 1.165) is 44.9 Å². The number of anilines is 1. The third-order valence-corrected chi connectivity index (χ3v) is 16.1. The van der Waals surface area contributed by atoms with Gasteiger partial charge in [0, 0.05) is 38.2 Å². The van der Waals surface area contributed by atoms with Crippen molar-refractivity contribution >= 4 is 63.5 Å². The molecule has 6 aliphatic carbocycles. The summed E-state index contributed by atoms with van der Waals surface area (Å²) in [7, 11) is 0. The van der Waals surface area contributed by atoms with E-state index in [9.17, 15) is 0 Å². The first kappa shape index (κ1) is 31.6. The van der Waals surface area contributed by atoms with Gasteiger partial charge in [-0.2, -0.15) is 0 Å². The molecule has 2 aliphatic heterocycles. The molecule has 1 nitrogen and oxygen atoms in total. The molecule has 4 heteroatoms. The van der Waals surface area contributed by atoms with E-state index in [2.05, 4.69) is 156 Å². The van der Waals surface area contributed by atoms with Crippen molar-refractivity contribution < 1.29 is 0 Å². The summed E-state index contributed by atoms with van der Waals surface area (Å²) in [5, 5.41) is 2.02. The first-order valence-corrected chi connectivity index (χ1v) is 21.7. The molecule has 0 saturated heterocycles. The smallest absolute Gasteiger partial charge is 0.0637 e. The molecule has 52 heavy (non-hydrogen) atoms. The van der Waals surface area contributed by atoms with Crippen LogP contribution in [0.3, 0.4) is 0 Å². The molecule has 0 N–H and O–H groups in total. The minimum atomic E-state index is 0.231. The van der Waals surface area contributed by atoms with E-state index in [1.165, 1.54) is 70.1 Å². The van der Waals surface area contributed by atoms with Gasteiger partial charge in [-0.05, 0) is 124 Å². The van der Waals surface area contributed by atoms with E-state index >= 15 is 0 Å². The molecule has 3 aromatic rings. The molecule has 1 aromatic heterocycles. The van der Waals surface area contributed by atoms with Gasteiger partial charge < -0.3 is 4.90 Å². The minimum absolute atomic E-state index is 0.231. The molecule has 8 aliphatic rings. The summed E-state index contributed by atoms with van der Waals surface area (Å²) >= 11 is 6.13. The highest BCUT2D eigenvalue weighted by Crippen LogP contribution is 2.54. The lowest BCUT2D eigenvalue weighted by Gasteiger charge is -2.40. The molecule has 0 amide bonds. The Bertz CT molecular complexity index is 2440. The maximum atomic E-state index is 2.78. The first-order valence-electron chi connectivity index (χ1n) is 19.2. The Hall–Kier alpha value is -3.96. The molecular weight excluding hydrogens is 687 g/mol. The van der Waals surface area contributed by atoms with Gasteiger partial charge in [0.1, 0.15) is 0 Å². The molecule has 0 radical (unpaired) electrons. The van der Waals surface area contributed by atoms with E-state index in [-0.39, 0.29) is 6.04 Å². The number of hydrogen-bond donors (Lipinski definition) is 0. The number of allylic oxidation sites excluding steroid dienone is 14. The fourth-order valence-electron chi connectivity index (χ4n) is 9.66. The Morgan fingerprint density at radius 3 is 2.58 bits per heavy atom. The van der Waals surface area contributed by atoms with Gasteiger partial charge in [-0.1, -0.05) is 121 Å². The quantitative estimate of drug-likeness (QED) is 0.258. The normalized spacial score (nSPS) is 26.3. The Balaban J connectivity index is 1.04. The monoisotopic (exact) mass is 727 g/mol. The van der Waals surface area contributed by atoms with E-state index in [1.807, 2.05) is 11.8 Å². The second-order valence-electron chi connectivity index (χ2n) is 15.0. The number of rotatable bonds is 5. The fraction of sp³-hybridized carbons (Fsp3) is 0.250. The second-order valence-corrected chi connectivity index (χ2v) is 18.4. The molecule has 0 fully saturated rings. The first-order chi connectivity index (χ1) is 25.8. The number of benzene rings is 2. The molecule has 256 valence electrons. The third kappa shape index (κ3) is 5.12. The minimum Gasteiger partial charge on any atom is -0.336 e. The summed E-state index contributed by atoms with van der Waals surface area (Å²) in [6, 6.07) is 18.8. The van der Waals surface area contributed by atoms with Gasteiger partial charge in [0.15, 0.2) is 0 Å². The summed E-state index contributed by atoms with van der Waals surface area (Å²) in [5.74, 6) is 0.809. The summed E-state index contributed by atoms with van der Waals surface area (Å²) in [5.41, 5.74) is 13.0. The fourth-order valence-corrected chi connectivity index (χ4v) is 13.8. The zero-order chi connectivity index (χ0) is 34.2. The molecule has 4 unspecified atom stereocenters. The predicted molar refractivity (Wildman–Crippen MR) is 226 cm³/mol. The number of hydrogen-bond acceptors (Lipinski definition) is 4. The van der Waals surface area contributed by atoms with Crippen LogP contribution in [0.1, 0.15) is 72.4 Å². The lowest BCUT2D eigenvalue weighted by Crippen LogP contribution is -2.44. The number of thiophene rings is 1. The van der Waals surface area contributed by atoms with Crippen molar-refractivity contribution in [3.8, 4) is 0 Å². The van der Waals surface area contributed by atoms with Crippen LogP contribution in [-0.4, -0.2) is 11.3 Å². The van der Waals surface area contributed by atoms with Crippen molar-refractivity contribution in [2.75, 3.05) is 4.90 Å². The molecular formula is C48H41NS3. The average molecular weight is 728 g/mol. The standard InChI is InChI=1S/C48H41NS3/c1-2-11-31(12-3-1)34-15-8-16-36-37-17-9-19-41(48(37)52-47(34)36)49(40-18-10-22-45-46(40)38-14-5-7-21-43(38)51-45)33-26-23-30(24-27-33)32-25-28-44-39(29-32)35-13-4-6-20-42(35)50-44/h2,4-6,10-15,17-18,20,22-29,39-40,44,46H,1,3,7-9,16,19,21H2. The Labute approximate surface area is 319 Å². The van der Waals surface area contributed by atoms with Crippen LogP contribution in [0, 0.1) is 5.92 Å². The van der Waals surface area contributed by atoms with Gasteiger partial charge in [-0.3, -0.25) is 0 Å². The van der Waals surface area contributed by atoms with Crippen LogP contribution in [0.2, 0.25) is 0 Å². The zero-order valence-corrected chi connectivity index (χ0v) is 31.7. The maximum Gasteiger partial charge on any atom is 0.0637 e. The Morgan fingerprint density at radius 2 is 1.65 bits per heavy atom. The Kier molecular flexibility index (Phi) is 7.81. The zero-order valence-electron chi connectivity index (χ0n) is 29.3. The lowest BCUT2D eigenvalue weighted by molar-refractivity contribution is 0.630. The van der Waals surface area contributed by atoms with Crippen LogP contribution < -0.4 is 14.7 Å². The largest absolute Gasteiger partial charge is 0.336 e. The van der Waals surface area contributed by atoms with Gasteiger partial charge in [0.2, 0.25) is 0 Å². The summed E-state index contributed by atoms with van der Waals surface area (Å²) in [4.78, 5) is 8.82.